The van der Waals surface area contributed by atoms with Gasteiger partial charge in [-0.25, -0.2) is 14.4 Å². The summed E-state index contributed by atoms with van der Waals surface area (Å²) in [4.78, 5) is 21.3. The van der Waals surface area contributed by atoms with Crippen molar-refractivity contribution in [3.8, 4) is 17.2 Å². The monoisotopic (exact) mass is 419 g/mol. The molecule has 0 spiro atoms. The molecule has 1 aromatic carbocycles. The zero-order valence-corrected chi connectivity index (χ0v) is 18.0. The number of anilines is 1. The average Bonchev–Trinajstić information content (AvgIpc) is 3.20. The molecule has 4 rings (SSSR count). The van der Waals surface area contributed by atoms with Crippen LogP contribution in [0.2, 0.25) is 0 Å². The summed E-state index contributed by atoms with van der Waals surface area (Å²) in [5, 5.41) is 12.1. The smallest absolute Gasteiger partial charge is 0.228 e. The summed E-state index contributed by atoms with van der Waals surface area (Å²) in [6.45, 7) is 5.97. The van der Waals surface area contributed by atoms with Gasteiger partial charge < -0.3 is 9.88 Å². The number of aromatic nitrogens is 3. The number of carbonyl (C=O) groups is 1. The molecule has 0 bridgehead atoms. The molecule has 1 saturated carbocycles. The van der Waals surface area contributed by atoms with E-state index in [1.165, 1.54) is 6.07 Å². The van der Waals surface area contributed by atoms with E-state index in [9.17, 15) is 14.4 Å². The highest BCUT2D eigenvalue weighted by Crippen LogP contribution is 2.32. The molecule has 0 aliphatic heterocycles. The van der Waals surface area contributed by atoms with E-state index < -0.39 is 0 Å². The first-order valence-corrected chi connectivity index (χ1v) is 10.7. The number of halogens is 1. The third-order valence-corrected chi connectivity index (χ3v) is 6.08. The van der Waals surface area contributed by atoms with Crippen LogP contribution < -0.4 is 5.32 Å². The van der Waals surface area contributed by atoms with Crippen LogP contribution in [-0.2, 0) is 4.79 Å². The first kappa shape index (κ1) is 21.0. The number of hydrogen-bond acceptors (Lipinski definition) is 4. The maximum atomic E-state index is 14.8. The minimum absolute atomic E-state index is 0.0634. The molecule has 2 unspecified atom stereocenters. The van der Waals surface area contributed by atoms with E-state index >= 15 is 0 Å². The Morgan fingerprint density at radius 1 is 1.29 bits per heavy atom. The van der Waals surface area contributed by atoms with Crippen molar-refractivity contribution in [2.24, 2.45) is 11.8 Å². The van der Waals surface area contributed by atoms with Crippen LogP contribution in [0.25, 0.3) is 22.2 Å². The summed E-state index contributed by atoms with van der Waals surface area (Å²) in [7, 11) is 0. The lowest BCUT2D eigenvalue weighted by Crippen LogP contribution is -2.28. The van der Waals surface area contributed by atoms with Gasteiger partial charge >= 0.3 is 0 Å². The summed E-state index contributed by atoms with van der Waals surface area (Å²) in [6, 6.07) is 7.63. The summed E-state index contributed by atoms with van der Waals surface area (Å²) < 4.78 is 16.7. The SMILES string of the molecule is Cc1cnc(NC(=O)C2CCCC(C#N)C2)cc1-c1cc(F)c2ncn(C(C)C)c2c1. The molecule has 1 N–H and O–H groups in total. The number of carbonyl (C=O) groups excluding carboxylic acids is 1. The van der Waals surface area contributed by atoms with Gasteiger partial charge in [-0.15, -0.1) is 0 Å². The number of nitriles is 1. The van der Waals surface area contributed by atoms with Gasteiger partial charge in [0, 0.05) is 24.1 Å². The predicted molar refractivity (Wildman–Crippen MR) is 118 cm³/mol. The first-order chi connectivity index (χ1) is 14.9. The van der Waals surface area contributed by atoms with Gasteiger partial charge in [0.15, 0.2) is 5.82 Å². The number of amides is 1. The number of nitrogens with one attached hydrogen (secondary N) is 1. The van der Waals surface area contributed by atoms with Gasteiger partial charge in [0.2, 0.25) is 5.91 Å². The second-order valence-corrected chi connectivity index (χ2v) is 8.63. The van der Waals surface area contributed by atoms with Crippen LogP contribution in [0.5, 0.6) is 0 Å². The minimum atomic E-state index is -0.376. The molecule has 3 aromatic rings. The fourth-order valence-corrected chi connectivity index (χ4v) is 4.33. The van der Waals surface area contributed by atoms with Gasteiger partial charge in [0.25, 0.3) is 0 Å². The molecule has 1 aliphatic rings. The van der Waals surface area contributed by atoms with E-state index in [4.69, 9.17) is 0 Å². The van der Waals surface area contributed by atoms with E-state index in [-0.39, 0.29) is 29.6 Å². The molecule has 2 heterocycles. The molecule has 1 amide bonds. The zero-order valence-electron chi connectivity index (χ0n) is 18.0. The van der Waals surface area contributed by atoms with E-state index in [1.54, 1.807) is 18.6 Å². The second-order valence-electron chi connectivity index (χ2n) is 8.63. The van der Waals surface area contributed by atoms with Gasteiger partial charge in [-0.3, -0.25) is 4.79 Å². The Labute approximate surface area is 181 Å². The van der Waals surface area contributed by atoms with Crippen LogP contribution in [0.15, 0.2) is 30.7 Å². The van der Waals surface area contributed by atoms with Crippen molar-refractivity contribution in [3.05, 3.63) is 42.1 Å². The zero-order chi connectivity index (χ0) is 22.1. The van der Waals surface area contributed by atoms with E-state index in [1.807, 2.05) is 31.4 Å². The fraction of sp³-hybridized carbons (Fsp3) is 0.417. The van der Waals surface area contributed by atoms with Crippen LogP contribution in [-0.4, -0.2) is 20.4 Å². The fourth-order valence-electron chi connectivity index (χ4n) is 4.33. The average molecular weight is 420 g/mol. The molecule has 2 atom stereocenters. The quantitative estimate of drug-likeness (QED) is 0.614. The molecule has 160 valence electrons. The molecule has 1 aliphatic carbocycles. The molecule has 7 heteroatoms. The molecule has 1 fully saturated rings. The van der Waals surface area contributed by atoms with Gasteiger partial charge in [-0.1, -0.05) is 6.42 Å². The second kappa shape index (κ2) is 8.46. The lowest BCUT2D eigenvalue weighted by molar-refractivity contribution is -0.121. The summed E-state index contributed by atoms with van der Waals surface area (Å²) in [5.41, 5.74) is 3.49. The summed E-state index contributed by atoms with van der Waals surface area (Å²) in [6.07, 6.45) is 6.45. The third kappa shape index (κ3) is 4.15. The minimum Gasteiger partial charge on any atom is -0.328 e. The third-order valence-electron chi connectivity index (χ3n) is 6.08. The number of pyridine rings is 1. The van der Waals surface area contributed by atoms with Crippen LogP contribution >= 0.6 is 0 Å². The van der Waals surface area contributed by atoms with Gasteiger partial charge in [0.1, 0.15) is 11.3 Å². The molecular formula is C24H26FN5O. The highest BCUT2D eigenvalue weighted by atomic mass is 19.1. The van der Waals surface area contributed by atoms with Gasteiger partial charge in [0.05, 0.1) is 17.9 Å². The standard InChI is InChI=1S/C24H26FN5O/c1-14(2)30-13-28-23-20(25)8-18(9-21(23)30)19-10-22(27-12-15(19)3)29-24(31)17-6-4-5-16(7-17)11-26/h8-10,12-14,16-17H,4-7H2,1-3H3,(H,27,29,31). The van der Waals surface area contributed by atoms with Crippen LogP contribution in [0.3, 0.4) is 0 Å². The molecule has 0 saturated heterocycles. The maximum absolute atomic E-state index is 14.8. The van der Waals surface area contributed by atoms with Crippen molar-refractivity contribution in [1.29, 1.82) is 5.26 Å². The Hall–Kier alpha value is -3.27. The van der Waals surface area contributed by atoms with Crippen LogP contribution in [0.4, 0.5) is 10.2 Å². The molecule has 6 nitrogen and oxygen atoms in total. The Balaban J connectivity index is 1.65. The maximum Gasteiger partial charge on any atom is 0.228 e. The summed E-state index contributed by atoms with van der Waals surface area (Å²) >= 11 is 0. The van der Waals surface area contributed by atoms with Crippen molar-refractivity contribution in [2.75, 3.05) is 5.32 Å². The Morgan fingerprint density at radius 2 is 2.10 bits per heavy atom. The van der Waals surface area contributed by atoms with Crippen molar-refractivity contribution >= 4 is 22.8 Å². The lowest BCUT2D eigenvalue weighted by Gasteiger charge is -2.24. The number of rotatable bonds is 4. The number of imidazole rings is 1. The van der Waals surface area contributed by atoms with Crippen LogP contribution in [0, 0.1) is 35.9 Å². The first-order valence-electron chi connectivity index (χ1n) is 10.7. The number of hydrogen-bond donors (Lipinski definition) is 1. The van der Waals surface area contributed by atoms with Gasteiger partial charge in [-0.05, 0) is 74.9 Å². The van der Waals surface area contributed by atoms with Crippen molar-refractivity contribution < 1.29 is 9.18 Å². The number of aryl methyl sites for hydroxylation is 1. The largest absolute Gasteiger partial charge is 0.328 e. The van der Waals surface area contributed by atoms with Crippen molar-refractivity contribution in [2.45, 2.75) is 52.5 Å². The normalized spacial score (nSPS) is 18.8. The number of fused-ring (bicyclic) bond motifs is 1. The van der Waals surface area contributed by atoms with E-state index in [0.717, 1.165) is 35.9 Å². The lowest BCUT2D eigenvalue weighted by atomic mass is 9.82. The topological polar surface area (TPSA) is 83.6 Å². The molecular weight excluding hydrogens is 393 g/mol. The highest BCUT2D eigenvalue weighted by molar-refractivity contribution is 5.93. The highest BCUT2D eigenvalue weighted by Gasteiger charge is 2.27. The molecule has 0 radical (unpaired) electrons. The van der Waals surface area contributed by atoms with Crippen LogP contribution in [0.1, 0.15) is 51.1 Å². The molecule has 2 aromatic heterocycles. The Kier molecular flexibility index (Phi) is 5.73. The Morgan fingerprint density at radius 3 is 2.84 bits per heavy atom. The predicted octanol–water partition coefficient (Wildman–Crippen LogP) is 5.40. The Bertz CT molecular complexity index is 1180. The van der Waals surface area contributed by atoms with Crippen molar-refractivity contribution in [3.63, 3.8) is 0 Å². The van der Waals surface area contributed by atoms with E-state index in [0.29, 0.717) is 23.3 Å². The van der Waals surface area contributed by atoms with Crippen molar-refractivity contribution in [1.82, 2.24) is 14.5 Å². The number of benzene rings is 1. The van der Waals surface area contributed by atoms with E-state index in [2.05, 4.69) is 21.4 Å². The van der Waals surface area contributed by atoms with Gasteiger partial charge in [-0.2, -0.15) is 5.26 Å². The molecule has 31 heavy (non-hydrogen) atoms. The number of nitrogens with zero attached hydrogens (tertiary/aromatic N) is 4. The summed E-state index contributed by atoms with van der Waals surface area (Å²) in [5.74, 6) is -0.298.